The van der Waals surface area contributed by atoms with Gasteiger partial charge < -0.3 is 10.3 Å². The second-order valence-corrected chi connectivity index (χ2v) is 4.49. The third kappa shape index (κ3) is 2.44. The van der Waals surface area contributed by atoms with Gasteiger partial charge in [0.05, 0.1) is 0 Å². The summed E-state index contributed by atoms with van der Waals surface area (Å²) in [6.07, 6.45) is 0. The van der Waals surface area contributed by atoms with Gasteiger partial charge in [-0.1, -0.05) is 28.9 Å². The summed E-state index contributed by atoms with van der Waals surface area (Å²) in [7, 11) is 0. The molecule has 3 rings (SSSR count). The fourth-order valence-corrected chi connectivity index (χ4v) is 1.85. The normalized spacial score (nSPS) is 10.6. The van der Waals surface area contributed by atoms with Crippen LogP contribution in [0.15, 0.2) is 53.1 Å². The van der Waals surface area contributed by atoms with Crippen LogP contribution in [0.3, 0.4) is 0 Å². The Hall–Kier alpha value is -2.33. The van der Waals surface area contributed by atoms with Gasteiger partial charge >= 0.3 is 0 Å². The Balaban J connectivity index is 1.97. The third-order valence-corrected chi connectivity index (χ3v) is 2.91. The molecule has 94 valence electrons. The Morgan fingerprint density at radius 3 is 2.53 bits per heavy atom. The molecule has 0 amide bonds. The van der Waals surface area contributed by atoms with Crippen molar-refractivity contribution in [2.45, 2.75) is 0 Å². The van der Waals surface area contributed by atoms with Crippen molar-refractivity contribution in [2.75, 3.05) is 5.73 Å². The van der Waals surface area contributed by atoms with Crippen molar-refractivity contribution < 1.29 is 4.52 Å². The first kappa shape index (κ1) is 11.7. The molecule has 0 fully saturated rings. The Morgan fingerprint density at radius 1 is 1.00 bits per heavy atom. The predicted molar refractivity (Wildman–Crippen MR) is 74.6 cm³/mol. The lowest BCUT2D eigenvalue weighted by molar-refractivity contribution is 0.432. The van der Waals surface area contributed by atoms with Crippen LogP contribution in [0.1, 0.15) is 0 Å². The first-order valence-corrected chi connectivity index (χ1v) is 6.06. The Bertz CT molecular complexity index is 707. The zero-order valence-corrected chi connectivity index (χ0v) is 10.6. The lowest BCUT2D eigenvalue weighted by Crippen LogP contribution is -1.86. The summed E-state index contributed by atoms with van der Waals surface area (Å²) in [5, 5.41) is 4.62. The number of nitrogen functional groups attached to an aromatic ring is 1. The molecule has 3 aromatic rings. The maximum Gasteiger partial charge on any atom is 0.258 e. The zero-order chi connectivity index (χ0) is 13.2. The summed E-state index contributed by atoms with van der Waals surface area (Å²) in [6, 6.07) is 14.6. The fourth-order valence-electron chi connectivity index (χ4n) is 1.73. The van der Waals surface area contributed by atoms with E-state index in [2.05, 4.69) is 10.1 Å². The second-order valence-electron chi connectivity index (χ2n) is 4.06. The van der Waals surface area contributed by atoms with E-state index in [1.54, 1.807) is 18.2 Å². The van der Waals surface area contributed by atoms with E-state index in [4.69, 9.17) is 21.9 Å². The lowest BCUT2D eigenvalue weighted by atomic mass is 10.2. The summed E-state index contributed by atoms with van der Waals surface area (Å²) < 4.78 is 5.24. The van der Waals surface area contributed by atoms with Crippen LogP contribution in [0, 0.1) is 0 Å². The SMILES string of the molecule is Nc1cccc(-c2noc(-c3ccc(Cl)cc3)n2)c1. The topological polar surface area (TPSA) is 64.9 Å². The molecule has 0 unspecified atom stereocenters. The van der Waals surface area contributed by atoms with Crippen molar-refractivity contribution in [3.63, 3.8) is 0 Å². The summed E-state index contributed by atoms with van der Waals surface area (Å²) in [5.41, 5.74) is 8.04. The molecule has 1 aromatic heterocycles. The lowest BCUT2D eigenvalue weighted by Gasteiger charge is -1.95. The molecule has 0 saturated carbocycles. The third-order valence-electron chi connectivity index (χ3n) is 2.66. The monoisotopic (exact) mass is 271 g/mol. The number of rotatable bonds is 2. The number of hydrogen-bond donors (Lipinski definition) is 1. The number of nitrogens with zero attached hydrogens (tertiary/aromatic N) is 2. The highest BCUT2D eigenvalue weighted by atomic mass is 35.5. The van der Waals surface area contributed by atoms with Crippen LogP contribution >= 0.6 is 11.6 Å². The van der Waals surface area contributed by atoms with Gasteiger partial charge in [0, 0.05) is 21.8 Å². The zero-order valence-electron chi connectivity index (χ0n) is 9.88. The molecule has 0 aliphatic rings. The molecular weight excluding hydrogens is 262 g/mol. The van der Waals surface area contributed by atoms with Crippen LogP contribution in [-0.4, -0.2) is 10.1 Å². The average molecular weight is 272 g/mol. The maximum absolute atomic E-state index is 5.84. The van der Waals surface area contributed by atoms with Crippen molar-refractivity contribution >= 4 is 17.3 Å². The van der Waals surface area contributed by atoms with Gasteiger partial charge in [0.2, 0.25) is 5.82 Å². The van der Waals surface area contributed by atoms with Crippen molar-refractivity contribution in [2.24, 2.45) is 0 Å². The number of hydrogen-bond acceptors (Lipinski definition) is 4. The van der Waals surface area contributed by atoms with Crippen LogP contribution in [0.2, 0.25) is 5.02 Å². The molecule has 0 saturated heterocycles. The van der Waals surface area contributed by atoms with Gasteiger partial charge in [0.1, 0.15) is 0 Å². The van der Waals surface area contributed by atoms with Crippen LogP contribution in [0.5, 0.6) is 0 Å². The molecule has 0 spiro atoms. The fraction of sp³-hybridized carbons (Fsp3) is 0. The maximum atomic E-state index is 5.84. The summed E-state index contributed by atoms with van der Waals surface area (Å²) >= 11 is 5.84. The van der Waals surface area contributed by atoms with Gasteiger partial charge in [-0.05, 0) is 36.4 Å². The molecule has 0 radical (unpaired) electrons. The Kier molecular flexibility index (Phi) is 2.93. The molecule has 2 N–H and O–H groups in total. The number of nitrogens with two attached hydrogens (primary N) is 1. The van der Waals surface area contributed by atoms with Crippen LogP contribution in [0.4, 0.5) is 5.69 Å². The molecule has 1 heterocycles. The predicted octanol–water partition coefficient (Wildman–Crippen LogP) is 3.64. The van der Waals surface area contributed by atoms with Gasteiger partial charge in [-0.2, -0.15) is 4.98 Å². The first-order valence-electron chi connectivity index (χ1n) is 5.68. The number of halogens is 1. The molecule has 19 heavy (non-hydrogen) atoms. The molecule has 0 aliphatic heterocycles. The van der Waals surface area contributed by atoms with Crippen molar-refractivity contribution in [3.8, 4) is 22.8 Å². The largest absolute Gasteiger partial charge is 0.399 e. The minimum Gasteiger partial charge on any atom is -0.399 e. The standard InChI is InChI=1S/C14H10ClN3O/c15-11-6-4-9(5-7-11)14-17-13(18-19-14)10-2-1-3-12(16)8-10/h1-8H,16H2. The molecule has 5 heteroatoms. The number of benzene rings is 2. The smallest absolute Gasteiger partial charge is 0.258 e. The minimum atomic E-state index is 0.453. The van der Waals surface area contributed by atoms with Gasteiger partial charge in [0.15, 0.2) is 0 Å². The molecule has 0 bridgehead atoms. The van der Waals surface area contributed by atoms with Crippen molar-refractivity contribution in [3.05, 3.63) is 53.6 Å². The van der Waals surface area contributed by atoms with E-state index in [-0.39, 0.29) is 0 Å². The van der Waals surface area contributed by atoms with Gasteiger partial charge in [-0.15, -0.1) is 0 Å². The van der Waals surface area contributed by atoms with Crippen molar-refractivity contribution in [1.82, 2.24) is 10.1 Å². The van der Waals surface area contributed by atoms with E-state index in [9.17, 15) is 0 Å². The number of aromatic nitrogens is 2. The highest BCUT2D eigenvalue weighted by molar-refractivity contribution is 6.30. The minimum absolute atomic E-state index is 0.453. The molecule has 4 nitrogen and oxygen atoms in total. The van der Waals surface area contributed by atoms with Gasteiger partial charge in [-0.3, -0.25) is 0 Å². The van der Waals surface area contributed by atoms with E-state index in [1.165, 1.54) is 0 Å². The van der Waals surface area contributed by atoms with E-state index in [1.807, 2.05) is 30.3 Å². The first-order chi connectivity index (χ1) is 9.22. The summed E-state index contributed by atoms with van der Waals surface area (Å²) in [4.78, 5) is 4.35. The molecule has 0 aliphatic carbocycles. The molecular formula is C14H10ClN3O. The van der Waals surface area contributed by atoms with Crippen LogP contribution in [0.25, 0.3) is 22.8 Å². The average Bonchev–Trinajstić information content (AvgIpc) is 2.89. The van der Waals surface area contributed by atoms with E-state index in [0.29, 0.717) is 22.4 Å². The highest BCUT2D eigenvalue weighted by Gasteiger charge is 2.10. The number of anilines is 1. The molecule has 0 atom stereocenters. The Labute approximate surface area is 114 Å². The highest BCUT2D eigenvalue weighted by Crippen LogP contribution is 2.24. The summed E-state index contributed by atoms with van der Waals surface area (Å²) in [5.74, 6) is 0.964. The van der Waals surface area contributed by atoms with Crippen molar-refractivity contribution in [1.29, 1.82) is 0 Å². The molecule has 2 aromatic carbocycles. The van der Waals surface area contributed by atoms with E-state index >= 15 is 0 Å². The Morgan fingerprint density at radius 2 is 1.79 bits per heavy atom. The van der Waals surface area contributed by atoms with E-state index in [0.717, 1.165) is 11.1 Å². The van der Waals surface area contributed by atoms with Gasteiger partial charge in [-0.25, -0.2) is 0 Å². The quantitative estimate of drug-likeness (QED) is 0.723. The summed E-state index contributed by atoms with van der Waals surface area (Å²) in [6.45, 7) is 0. The van der Waals surface area contributed by atoms with Crippen LogP contribution < -0.4 is 5.73 Å². The van der Waals surface area contributed by atoms with E-state index < -0.39 is 0 Å². The second kappa shape index (κ2) is 4.74. The van der Waals surface area contributed by atoms with Gasteiger partial charge in [0.25, 0.3) is 5.89 Å². The van der Waals surface area contributed by atoms with Crippen LogP contribution in [-0.2, 0) is 0 Å².